The summed E-state index contributed by atoms with van der Waals surface area (Å²) in [6, 6.07) is 8.59. The second-order valence-electron chi connectivity index (χ2n) is 8.73. The average molecular weight is 462 g/mol. The first-order valence-corrected chi connectivity index (χ1v) is 12.0. The van der Waals surface area contributed by atoms with Gasteiger partial charge < -0.3 is 15.3 Å². The minimum atomic E-state index is -0.754. The van der Waals surface area contributed by atoms with Crippen molar-refractivity contribution in [1.82, 2.24) is 15.3 Å². The van der Waals surface area contributed by atoms with E-state index in [0.29, 0.717) is 19.4 Å². The first-order valence-electron chi connectivity index (χ1n) is 12.0. The van der Waals surface area contributed by atoms with E-state index in [1.54, 1.807) is 4.90 Å². The summed E-state index contributed by atoms with van der Waals surface area (Å²) >= 11 is 0. The van der Waals surface area contributed by atoms with Gasteiger partial charge >= 0.3 is 0 Å². The van der Waals surface area contributed by atoms with E-state index < -0.39 is 12.0 Å². The first-order chi connectivity index (χ1) is 15.9. The lowest BCUT2D eigenvalue weighted by atomic mass is 9.95. The summed E-state index contributed by atoms with van der Waals surface area (Å²) in [5.74, 6) is -1.30. The summed E-state index contributed by atoms with van der Waals surface area (Å²) in [5, 5.41) is 13.8. The molecule has 33 heavy (non-hydrogen) atoms. The lowest BCUT2D eigenvalue weighted by Crippen LogP contribution is -2.53. The number of rotatable bonds is 13. The van der Waals surface area contributed by atoms with Gasteiger partial charge in [0.25, 0.3) is 0 Å². The van der Waals surface area contributed by atoms with Gasteiger partial charge in [-0.05, 0) is 24.8 Å². The summed E-state index contributed by atoms with van der Waals surface area (Å²) in [7, 11) is 2.93. The molecule has 0 unspecified atom stereocenters. The molecule has 0 radical (unpaired) electrons. The Bertz CT molecular complexity index is 758. The summed E-state index contributed by atoms with van der Waals surface area (Å²) in [6.07, 6.45) is 5.34. The van der Waals surface area contributed by atoms with Gasteiger partial charge in [0.1, 0.15) is 6.04 Å². The Morgan fingerprint density at radius 3 is 2.61 bits per heavy atom. The Labute approximate surface area is 197 Å². The van der Waals surface area contributed by atoms with Gasteiger partial charge in [-0.1, -0.05) is 56.5 Å². The first kappa shape index (κ1) is 26.8. The maximum Gasteiger partial charge on any atom is 0.246 e. The van der Waals surface area contributed by atoms with Crippen molar-refractivity contribution in [3.63, 3.8) is 0 Å². The quantitative estimate of drug-likeness (QED) is 0.347. The highest BCUT2D eigenvalue weighted by Crippen LogP contribution is 2.21. The normalized spacial score (nSPS) is 17.5. The number of hydroxylamine groups is 2. The number of nitrogens with zero attached hydrogens (tertiary/aromatic N) is 2. The second kappa shape index (κ2) is 14.0. The second-order valence-corrected chi connectivity index (χ2v) is 8.73. The molecule has 1 fully saturated rings. The summed E-state index contributed by atoms with van der Waals surface area (Å²) < 4.78 is 0. The minimum absolute atomic E-state index is 0.0229. The number of carbonyl (C=O) groups is 3. The average Bonchev–Trinajstić information content (AvgIpc) is 3.31. The molecule has 3 atom stereocenters. The van der Waals surface area contributed by atoms with Gasteiger partial charge in [0, 0.05) is 32.4 Å². The number of nitrogens with one attached hydrogen (secondary N) is 1. The number of carbonyl (C=O) groups excluding carboxylic acids is 3. The summed E-state index contributed by atoms with van der Waals surface area (Å²) in [4.78, 5) is 45.8. The maximum absolute atomic E-state index is 13.4. The van der Waals surface area contributed by atoms with Crippen LogP contribution in [-0.4, -0.2) is 72.2 Å². The van der Waals surface area contributed by atoms with Gasteiger partial charge in [0.2, 0.25) is 17.7 Å². The van der Waals surface area contributed by atoms with E-state index >= 15 is 0 Å². The number of hydrogen-bond donors (Lipinski definition) is 2. The van der Waals surface area contributed by atoms with Crippen LogP contribution in [0.4, 0.5) is 0 Å². The van der Waals surface area contributed by atoms with Gasteiger partial charge in [-0.15, -0.1) is 0 Å². The van der Waals surface area contributed by atoms with Gasteiger partial charge in [-0.3, -0.25) is 19.2 Å². The maximum atomic E-state index is 13.4. The van der Waals surface area contributed by atoms with Crippen LogP contribution in [0, 0.1) is 5.92 Å². The molecule has 0 aliphatic carbocycles. The van der Waals surface area contributed by atoms with Crippen molar-refractivity contribution in [3.8, 4) is 0 Å². The molecule has 3 amide bonds. The Balaban J connectivity index is 2.19. The molecule has 184 valence electrons. The van der Waals surface area contributed by atoms with E-state index in [1.165, 1.54) is 14.2 Å². The molecular formula is C25H39N3O5. The number of aliphatic hydroxyl groups excluding tert-OH is 1. The van der Waals surface area contributed by atoms with Gasteiger partial charge in [-0.2, -0.15) is 0 Å². The van der Waals surface area contributed by atoms with Crippen molar-refractivity contribution in [2.75, 3.05) is 27.3 Å². The fourth-order valence-electron chi connectivity index (χ4n) is 4.26. The molecule has 1 aliphatic rings. The third-order valence-electron chi connectivity index (χ3n) is 6.34. The van der Waals surface area contributed by atoms with E-state index in [0.717, 1.165) is 42.7 Å². The van der Waals surface area contributed by atoms with Crippen LogP contribution >= 0.6 is 0 Å². The molecule has 0 bridgehead atoms. The van der Waals surface area contributed by atoms with E-state index in [-0.39, 0.29) is 36.8 Å². The van der Waals surface area contributed by atoms with Crippen molar-refractivity contribution >= 4 is 17.7 Å². The van der Waals surface area contributed by atoms with Gasteiger partial charge in [-0.25, -0.2) is 5.06 Å². The Morgan fingerprint density at radius 2 is 1.97 bits per heavy atom. The zero-order chi connectivity index (χ0) is 24.2. The van der Waals surface area contributed by atoms with E-state index in [4.69, 9.17) is 4.84 Å². The zero-order valence-electron chi connectivity index (χ0n) is 20.2. The molecule has 1 heterocycles. The minimum Gasteiger partial charge on any atom is -0.394 e. The van der Waals surface area contributed by atoms with Gasteiger partial charge in [0.05, 0.1) is 19.8 Å². The Hall–Kier alpha value is -2.45. The molecule has 0 spiro atoms. The van der Waals surface area contributed by atoms with Crippen molar-refractivity contribution < 1.29 is 24.3 Å². The number of hydrogen-bond acceptors (Lipinski definition) is 5. The predicted octanol–water partition coefficient (Wildman–Crippen LogP) is 2.30. The summed E-state index contributed by atoms with van der Waals surface area (Å²) in [5.41, 5.74) is 0.939. The molecule has 1 saturated heterocycles. The van der Waals surface area contributed by atoms with E-state index in [2.05, 4.69) is 12.2 Å². The predicted molar refractivity (Wildman–Crippen MR) is 126 cm³/mol. The van der Waals surface area contributed by atoms with Crippen LogP contribution < -0.4 is 5.32 Å². The van der Waals surface area contributed by atoms with Crippen LogP contribution in [0.15, 0.2) is 30.3 Å². The standard InChI is InChI=1S/C25H39N3O5/c1-4-5-7-13-20(17-23(30)27(2)33-3)24(31)26-22(16-19-11-8-6-9-12-19)25(32)28-15-10-14-21(28)18-29/h6,8-9,11-12,20-22,29H,4-5,7,10,13-18H2,1-3H3,(H,26,31)/t20-,21-,22-/m0/s1. The monoisotopic (exact) mass is 461 g/mol. The van der Waals surface area contributed by atoms with Crippen molar-refractivity contribution in [3.05, 3.63) is 35.9 Å². The van der Waals surface area contributed by atoms with Crippen LogP contribution in [-0.2, 0) is 25.6 Å². The van der Waals surface area contributed by atoms with Crippen molar-refractivity contribution in [1.29, 1.82) is 0 Å². The van der Waals surface area contributed by atoms with Crippen LogP contribution in [0.5, 0.6) is 0 Å². The molecule has 0 aromatic heterocycles. The largest absolute Gasteiger partial charge is 0.394 e. The molecule has 8 heteroatoms. The smallest absolute Gasteiger partial charge is 0.246 e. The molecule has 2 N–H and O–H groups in total. The highest BCUT2D eigenvalue weighted by atomic mass is 16.7. The third-order valence-corrected chi connectivity index (χ3v) is 6.34. The zero-order valence-corrected chi connectivity index (χ0v) is 20.2. The number of likely N-dealkylation sites (tertiary alicyclic amines) is 1. The molecule has 8 nitrogen and oxygen atoms in total. The Morgan fingerprint density at radius 1 is 1.24 bits per heavy atom. The molecule has 1 aromatic rings. The number of benzene rings is 1. The lowest BCUT2D eigenvalue weighted by Gasteiger charge is -2.29. The van der Waals surface area contributed by atoms with Crippen LogP contribution in [0.1, 0.15) is 57.4 Å². The van der Waals surface area contributed by atoms with Crippen LogP contribution in [0.3, 0.4) is 0 Å². The molecule has 1 aliphatic heterocycles. The third kappa shape index (κ3) is 8.12. The fourth-order valence-corrected chi connectivity index (χ4v) is 4.26. The number of amides is 3. The molecule has 0 saturated carbocycles. The molecular weight excluding hydrogens is 422 g/mol. The summed E-state index contributed by atoms with van der Waals surface area (Å²) in [6.45, 7) is 2.57. The molecule has 2 rings (SSSR count). The number of aliphatic hydroxyl groups is 1. The fraction of sp³-hybridized carbons (Fsp3) is 0.640. The van der Waals surface area contributed by atoms with Crippen LogP contribution in [0.25, 0.3) is 0 Å². The van der Waals surface area contributed by atoms with Crippen molar-refractivity contribution in [2.24, 2.45) is 5.92 Å². The van der Waals surface area contributed by atoms with Crippen molar-refractivity contribution in [2.45, 2.75) is 70.4 Å². The SMILES string of the molecule is CCCCC[C@@H](CC(=O)N(C)OC)C(=O)N[C@@H](Cc1ccccc1)C(=O)N1CCC[C@H]1CO. The van der Waals surface area contributed by atoms with E-state index in [1.807, 2.05) is 30.3 Å². The highest BCUT2D eigenvalue weighted by molar-refractivity contribution is 5.91. The number of unbranched alkanes of at least 4 members (excludes halogenated alkanes) is 2. The lowest BCUT2D eigenvalue weighted by molar-refractivity contribution is -0.170. The topological polar surface area (TPSA) is 99.2 Å². The Kier molecular flexibility index (Phi) is 11.3. The van der Waals surface area contributed by atoms with E-state index in [9.17, 15) is 19.5 Å². The highest BCUT2D eigenvalue weighted by Gasteiger charge is 2.35. The van der Waals surface area contributed by atoms with Gasteiger partial charge in [0.15, 0.2) is 0 Å². The molecule has 1 aromatic carbocycles. The van der Waals surface area contributed by atoms with Crippen LogP contribution in [0.2, 0.25) is 0 Å².